The molecule has 0 aliphatic rings. The van der Waals surface area contributed by atoms with E-state index in [1.165, 1.54) is 0 Å². The molecule has 1 aromatic heterocycles. The number of para-hydroxylation sites is 1. The predicted molar refractivity (Wildman–Crippen MR) is 63.2 cm³/mol. The molecule has 0 aliphatic heterocycles. The Balaban J connectivity index is 1.77. The minimum absolute atomic E-state index is 0.419. The summed E-state index contributed by atoms with van der Waals surface area (Å²) < 4.78 is 10.1. The van der Waals surface area contributed by atoms with E-state index >= 15 is 0 Å². The molecule has 2 rings (SSSR count). The highest BCUT2D eigenvalue weighted by molar-refractivity contribution is 5.46. The molecule has 17 heavy (non-hydrogen) atoms. The highest BCUT2D eigenvalue weighted by Gasteiger charge is 2.04. The maximum Gasteiger partial charge on any atom is 0.133 e. The smallest absolute Gasteiger partial charge is 0.133 e. The zero-order chi connectivity index (χ0) is 12.1. The number of nitrogens with zero attached hydrogens (tertiary/aromatic N) is 2. The van der Waals surface area contributed by atoms with Gasteiger partial charge in [0.1, 0.15) is 11.4 Å². The first kappa shape index (κ1) is 11.6. The van der Waals surface area contributed by atoms with Crippen LogP contribution in [0.1, 0.15) is 17.0 Å². The van der Waals surface area contributed by atoms with E-state index in [0.29, 0.717) is 13.2 Å². The number of hydrogen-bond donors (Lipinski definition) is 1. The number of nitrogens with two attached hydrogens (primary N) is 1. The van der Waals surface area contributed by atoms with Crippen LogP contribution in [0.25, 0.3) is 0 Å². The number of aromatic nitrogens is 2. The van der Waals surface area contributed by atoms with E-state index in [9.17, 15) is 0 Å². The normalized spacial score (nSPS) is 10.6. The molecule has 0 aliphatic carbocycles. The van der Waals surface area contributed by atoms with Gasteiger partial charge >= 0.3 is 0 Å². The number of anilines is 1. The topological polar surface area (TPSA) is 74.2 Å². The first-order valence-corrected chi connectivity index (χ1v) is 5.46. The van der Waals surface area contributed by atoms with Gasteiger partial charge in [-0.05, 0) is 25.0 Å². The van der Waals surface area contributed by atoms with E-state index in [4.69, 9.17) is 10.5 Å². The molecule has 5 nitrogen and oxygen atoms in total. The van der Waals surface area contributed by atoms with E-state index in [1.54, 1.807) is 0 Å². The van der Waals surface area contributed by atoms with Crippen LogP contribution in [-0.2, 0) is 17.8 Å². The fourth-order valence-corrected chi connectivity index (χ4v) is 1.49. The van der Waals surface area contributed by atoms with Crippen LogP contribution in [0.5, 0.6) is 0 Å². The lowest BCUT2D eigenvalue weighted by molar-refractivity contribution is 0.118. The molecular formula is C12H15N3O2. The maximum atomic E-state index is 5.83. The fraction of sp³-hybridized carbons (Fsp3) is 0.333. The van der Waals surface area contributed by atoms with Crippen LogP contribution in [0, 0.1) is 6.92 Å². The van der Waals surface area contributed by atoms with Gasteiger partial charge in [0.2, 0.25) is 0 Å². The van der Waals surface area contributed by atoms with Crippen molar-refractivity contribution in [3.05, 3.63) is 41.2 Å². The second-order valence-electron chi connectivity index (χ2n) is 3.80. The van der Waals surface area contributed by atoms with Gasteiger partial charge in [-0.3, -0.25) is 0 Å². The van der Waals surface area contributed by atoms with Crippen molar-refractivity contribution in [2.75, 3.05) is 12.3 Å². The first-order chi connectivity index (χ1) is 8.27. The highest BCUT2D eigenvalue weighted by atomic mass is 16.6. The molecule has 0 saturated carbocycles. The van der Waals surface area contributed by atoms with Crippen molar-refractivity contribution in [2.24, 2.45) is 0 Å². The molecule has 5 heteroatoms. The van der Waals surface area contributed by atoms with Crippen LogP contribution in [0.4, 0.5) is 5.69 Å². The van der Waals surface area contributed by atoms with Gasteiger partial charge in [0.25, 0.3) is 0 Å². The zero-order valence-electron chi connectivity index (χ0n) is 9.72. The molecule has 0 spiro atoms. The lowest BCUT2D eigenvalue weighted by Gasteiger charge is -2.05. The number of hydrogen-bond acceptors (Lipinski definition) is 5. The first-order valence-electron chi connectivity index (χ1n) is 5.46. The largest absolute Gasteiger partial charge is 0.399 e. The average Bonchev–Trinajstić information content (AvgIpc) is 2.73. The van der Waals surface area contributed by atoms with Gasteiger partial charge in [-0.25, -0.2) is 4.63 Å². The summed E-state index contributed by atoms with van der Waals surface area (Å²) in [5.41, 5.74) is 9.24. The quantitative estimate of drug-likeness (QED) is 0.628. The van der Waals surface area contributed by atoms with Crippen LogP contribution >= 0.6 is 0 Å². The predicted octanol–water partition coefficient (Wildman–Crippen LogP) is 1.72. The van der Waals surface area contributed by atoms with Crippen molar-refractivity contribution in [3.63, 3.8) is 0 Å². The summed E-state index contributed by atoms with van der Waals surface area (Å²) in [4.78, 5) is 0. The standard InChI is InChI=1S/C12H15N3O2/c1-9-12(15-17-14-9)8-16-7-6-10-4-2-3-5-11(10)13/h2-5H,6-8,13H2,1H3. The SMILES string of the molecule is Cc1nonc1COCCc1ccccc1N. The number of nitrogen functional groups attached to an aromatic ring is 1. The Morgan fingerprint density at radius 2 is 2.12 bits per heavy atom. The Morgan fingerprint density at radius 1 is 1.29 bits per heavy atom. The molecule has 2 N–H and O–H groups in total. The van der Waals surface area contributed by atoms with Crippen molar-refractivity contribution in [1.82, 2.24) is 10.3 Å². The van der Waals surface area contributed by atoms with E-state index in [0.717, 1.165) is 29.1 Å². The van der Waals surface area contributed by atoms with Crippen LogP contribution < -0.4 is 5.73 Å². The molecule has 1 aromatic carbocycles. The summed E-state index contributed by atoms with van der Waals surface area (Å²) in [7, 11) is 0. The third-order valence-corrected chi connectivity index (χ3v) is 2.56. The Labute approximate surface area is 99.5 Å². The number of rotatable bonds is 5. The van der Waals surface area contributed by atoms with Crippen molar-refractivity contribution in [1.29, 1.82) is 0 Å². The van der Waals surface area contributed by atoms with Gasteiger partial charge in [-0.15, -0.1) is 0 Å². The number of aryl methyl sites for hydroxylation is 1. The minimum Gasteiger partial charge on any atom is -0.399 e. The van der Waals surface area contributed by atoms with Gasteiger partial charge < -0.3 is 10.5 Å². The van der Waals surface area contributed by atoms with Gasteiger partial charge in [0.05, 0.1) is 13.2 Å². The second kappa shape index (κ2) is 5.45. The van der Waals surface area contributed by atoms with Crippen molar-refractivity contribution >= 4 is 5.69 Å². The van der Waals surface area contributed by atoms with Crippen LogP contribution in [0.3, 0.4) is 0 Å². The summed E-state index contributed by atoms with van der Waals surface area (Å²) in [6, 6.07) is 7.78. The van der Waals surface area contributed by atoms with Gasteiger partial charge in [0, 0.05) is 5.69 Å². The number of ether oxygens (including phenoxy) is 1. The molecule has 0 fully saturated rings. The molecule has 0 unspecified atom stereocenters. The van der Waals surface area contributed by atoms with Crippen LogP contribution in [-0.4, -0.2) is 16.9 Å². The van der Waals surface area contributed by atoms with Gasteiger partial charge in [-0.1, -0.05) is 28.5 Å². The lowest BCUT2D eigenvalue weighted by Crippen LogP contribution is -2.02. The molecular weight excluding hydrogens is 218 g/mol. The molecule has 1 heterocycles. The van der Waals surface area contributed by atoms with E-state index < -0.39 is 0 Å². The maximum absolute atomic E-state index is 5.83. The molecule has 0 bridgehead atoms. The average molecular weight is 233 g/mol. The van der Waals surface area contributed by atoms with Gasteiger partial charge in [0.15, 0.2) is 0 Å². The zero-order valence-corrected chi connectivity index (χ0v) is 9.72. The van der Waals surface area contributed by atoms with Crippen molar-refractivity contribution in [3.8, 4) is 0 Å². The van der Waals surface area contributed by atoms with Crippen molar-refractivity contribution in [2.45, 2.75) is 20.0 Å². The summed E-state index contributed by atoms with van der Waals surface area (Å²) in [5, 5.41) is 7.42. The summed E-state index contributed by atoms with van der Waals surface area (Å²) in [6.45, 7) is 2.85. The summed E-state index contributed by atoms with van der Waals surface area (Å²) in [5.74, 6) is 0. The van der Waals surface area contributed by atoms with Gasteiger partial charge in [-0.2, -0.15) is 0 Å². The van der Waals surface area contributed by atoms with Crippen LogP contribution in [0.2, 0.25) is 0 Å². The van der Waals surface area contributed by atoms with E-state index in [1.807, 2.05) is 31.2 Å². The Kier molecular flexibility index (Phi) is 3.72. The molecule has 2 aromatic rings. The Hall–Kier alpha value is -1.88. The minimum atomic E-state index is 0.419. The van der Waals surface area contributed by atoms with Crippen LogP contribution in [0.15, 0.2) is 28.9 Å². The summed E-state index contributed by atoms with van der Waals surface area (Å²) >= 11 is 0. The monoisotopic (exact) mass is 233 g/mol. The highest BCUT2D eigenvalue weighted by Crippen LogP contribution is 2.11. The molecule has 0 radical (unpaired) electrons. The molecule has 90 valence electrons. The fourth-order valence-electron chi connectivity index (χ4n) is 1.49. The summed E-state index contributed by atoms with van der Waals surface area (Å²) in [6.07, 6.45) is 0.789. The lowest BCUT2D eigenvalue weighted by atomic mass is 10.1. The third-order valence-electron chi connectivity index (χ3n) is 2.56. The third kappa shape index (κ3) is 3.04. The molecule has 0 amide bonds. The van der Waals surface area contributed by atoms with E-state index in [-0.39, 0.29) is 0 Å². The Bertz CT molecular complexity index is 482. The molecule has 0 atom stereocenters. The number of benzene rings is 1. The van der Waals surface area contributed by atoms with E-state index in [2.05, 4.69) is 14.9 Å². The molecule has 0 saturated heterocycles. The second-order valence-corrected chi connectivity index (χ2v) is 3.80. The Morgan fingerprint density at radius 3 is 2.82 bits per heavy atom. The van der Waals surface area contributed by atoms with Crippen molar-refractivity contribution < 1.29 is 9.37 Å².